The van der Waals surface area contributed by atoms with Crippen LogP contribution in [0.4, 0.5) is 20.1 Å². The highest BCUT2D eigenvalue weighted by atomic mass is 16.7. The number of nitro benzene ring substituents is 1. The number of benzene rings is 1. The van der Waals surface area contributed by atoms with Gasteiger partial charge in [-0.25, -0.2) is 14.4 Å². The summed E-state index contributed by atoms with van der Waals surface area (Å²) in [4.78, 5) is 64.1. The Bertz CT molecular complexity index is 1780. The van der Waals surface area contributed by atoms with Gasteiger partial charge in [0.2, 0.25) is 5.91 Å². The van der Waals surface area contributed by atoms with Crippen LogP contribution in [0.3, 0.4) is 0 Å². The number of amides is 4. The second kappa shape index (κ2) is 26.6. The molecule has 1 aliphatic heterocycles. The van der Waals surface area contributed by atoms with Gasteiger partial charge in [0.05, 0.1) is 55.5 Å². The molecule has 1 heterocycles. The van der Waals surface area contributed by atoms with Gasteiger partial charge < -0.3 is 84.9 Å². The Hall–Kier alpha value is -4.92. The SMILES string of the molecule is C[C@@H]([C@@H](O)[C@H](OCCO)O[C@@H]1[C@@H](O)[C@H](O[C@@H]2CCC=C(CNCC(O)CO)O2)[C@@H](NC(=O)OCc2ccc([N+](=O)[O-])cc2)C[C@H]1NC(=O)CCNC(=O)OC(C)(C)C)N(C)C(=O)OC(C)(C)C. The molecular weight excluding hydrogens is 888 g/mol. The van der Waals surface area contributed by atoms with E-state index >= 15 is 0 Å². The second-order valence-electron chi connectivity index (χ2n) is 18.1. The van der Waals surface area contributed by atoms with Gasteiger partial charge in [0.25, 0.3) is 5.69 Å². The minimum atomic E-state index is -1.78. The molecule has 1 fully saturated rings. The molecule has 9 N–H and O–H groups in total. The molecule has 0 radical (unpaired) electrons. The van der Waals surface area contributed by atoms with Crippen molar-refractivity contribution in [3.8, 4) is 0 Å². The van der Waals surface area contributed by atoms with E-state index in [9.17, 15) is 54.8 Å². The average Bonchev–Trinajstić information content (AvgIpc) is 3.24. The molecule has 1 saturated carbocycles. The summed E-state index contributed by atoms with van der Waals surface area (Å²) in [5.41, 5.74) is -1.44. The molecule has 1 unspecified atom stereocenters. The molecule has 3 rings (SSSR count). The predicted molar refractivity (Wildman–Crippen MR) is 236 cm³/mol. The zero-order valence-corrected chi connectivity index (χ0v) is 39.4. The Morgan fingerprint density at radius 3 is 2.24 bits per heavy atom. The highest BCUT2D eigenvalue weighted by Gasteiger charge is 2.50. The van der Waals surface area contributed by atoms with Crippen LogP contribution in [0.15, 0.2) is 36.1 Å². The number of hydrogen-bond acceptors (Lipinski definition) is 19. The molecule has 67 heavy (non-hydrogen) atoms. The Morgan fingerprint density at radius 1 is 0.970 bits per heavy atom. The number of carbonyl (C=O) groups excluding carboxylic acids is 4. The lowest BCUT2D eigenvalue weighted by Gasteiger charge is -2.47. The number of nitro groups is 1. The highest BCUT2D eigenvalue weighted by molar-refractivity contribution is 5.77. The summed E-state index contributed by atoms with van der Waals surface area (Å²) in [6.07, 6.45) is -10.6. The number of aliphatic hydroxyl groups is 5. The van der Waals surface area contributed by atoms with Gasteiger partial charge in [0.1, 0.15) is 48.0 Å². The van der Waals surface area contributed by atoms with Crippen LogP contribution >= 0.6 is 0 Å². The largest absolute Gasteiger partial charge is 0.468 e. The van der Waals surface area contributed by atoms with Crippen molar-refractivity contribution in [2.45, 2.75) is 153 Å². The Morgan fingerprint density at radius 2 is 1.63 bits per heavy atom. The molecule has 24 heteroatoms. The van der Waals surface area contributed by atoms with Crippen molar-refractivity contribution in [1.29, 1.82) is 0 Å². The molecule has 0 spiro atoms. The lowest BCUT2D eigenvalue weighted by molar-refractivity contribution is -0.384. The van der Waals surface area contributed by atoms with E-state index in [-0.39, 0.29) is 57.8 Å². The lowest BCUT2D eigenvalue weighted by Crippen LogP contribution is -2.67. The smallest absolute Gasteiger partial charge is 0.410 e. The van der Waals surface area contributed by atoms with E-state index in [4.69, 9.17) is 33.2 Å². The van der Waals surface area contributed by atoms with Crippen LogP contribution in [0, 0.1) is 10.1 Å². The van der Waals surface area contributed by atoms with Gasteiger partial charge in [-0.05, 0) is 85.1 Å². The predicted octanol–water partition coefficient (Wildman–Crippen LogP) is 1.04. The van der Waals surface area contributed by atoms with Gasteiger partial charge in [0, 0.05) is 45.1 Å². The fourth-order valence-corrected chi connectivity index (χ4v) is 6.73. The number of nitrogens with zero attached hydrogens (tertiary/aromatic N) is 2. The highest BCUT2D eigenvalue weighted by Crippen LogP contribution is 2.31. The summed E-state index contributed by atoms with van der Waals surface area (Å²) in [7, 11) is 1.38. The van der Waals surface area contributed by atoms with E-state index in [2.05, 4.69) is 21.3 Å². The molecule has 4 amide bonds. The molecule has 10 atom stereocenters. The fraction of sp³-hybridized carbons (Fsp3) is 0.721. The molecular formula is C43H70N6O18. The number of non-ortho nitro benzene ring substituents is 1. The summed E-state index contributed by atoms with van der Waals surface area (Å²) < 4.78 is 40.8. The third-order valence-corrected chi connectivity index (χ3v) is 10.1. The number of alkyl carbamates (subject to hydrolysis) is 2. The van der Waals surface area contributed by atoms with Crippen LogP contribution in [0.2, 0.25) is 0 Å². The molecule has 1 aromatic rings. The molecule has 0 saturated heterocycles. The topological polar surface area (TPSA) is 329 Å². The van der Waals surface area contributed by atoms with E-state index in [0.29, 0.717) is 17.7 Å². The molecule has 1 aromatic carbocycles. The number of aliphatic hydroxyl groups excluding tert-OH is 5. The number of hydrogen-bond donors (Lipinski definition) is 9. The summed E-state index contributed by atoms with van der Waals surface area (Å²) in [6.45, 7) is 9.86. The number of carbonyl (C=O) groups is 4. The van der Waals surface area contributed by atoms with E-state index in [1.54, 1.807) is 47.6 Å². The normalized spacial score (nSPS) is 22.7. The molecule has 0 aromatic heterocycles. The van der Waals surface area contributed by atoms with Gasteiger partial charge in [0.15, 0.2) is 12.6 Å². The zero-order chi connectivity index (χ0) is 50.1. The number of likely N-dealkylation sites (N-methyl/N-ethyl adjacent to an activating group) is 1. The van der Waals surface area contributed by atoms with Crippen molar-refractivity contribution in [3.05, 3.63) is 51.8 Å². The van der Waals surface area contributed by atoms with Crippen LogP contribution in [-0.4, -0.2) is 178 Å². The maximum absolute atomic E-state index is 13.6. The van der Waals surface area contributed by atoms with Crippen molar-refractivity contribution in [1.82, 2.24) is 26.2 Å². The molecule has 380 valence electrons. The van der Waals surface area contributed by atoms with E-state index in [1.807, 2.05) is 0 Å². The summed E-state index contributed by atoms with van der Waals surface area (Å²) in [6, 6.07) is 1.87. The van der Waals surface area contributed by atoms with Gasteiger partial charge in [-0.1, -0.05) is 0 Å². The first-order valence-corrected chi connectivity index (χ1v) is 22.0. The van der Waals surface area contributed by atoms with E-state index in [1.165, 1.54) is 38.2 Å². The lowest BCUT2D eigenvalue weighted by atomic mass is 9.83. The monoisotopic (exact) mass is 958 g/mol. The Balaban J connectivity index is 1.99. The number of allylic oxidation sites excluding steroid dienone is 1. The minimum Gasteiger partial charge on any atom is -0.468 e. The van der Waals surface area contributed by atoms with Crippen molar-refractivity contribution in [3.63, 3.8) is 0 Å². The van der Waals surface area contributed by atoms with Crippen molar-refractivity contribution < 1.29 is 82.8 Å². The van der Waals surface area contributed by atoms with Gasteiger partial charge in [-0.15, -0.1) is 0 Å². The quantitative estimate of drug-likeness (QED) is 0.0320. The van der Waals surface area contributed by atoms with Crippen LogP contribution in [-0.2, 0) is 44.6 Å². The number of nitrogens with one attached hydrogen (secondary N) is 4. The van der Waals surface area contributed by atoms with Gasteiger partial charge in [-0.3, -0.25) is 14.9 Å². The van der Waals surface area contributed by atoms with Gasteiger partial charge in [-0.2, -0.15) is 0 Å². The summed E-state index contributed by atoms with van der Waals surface area (Å²) >= 11 is 0. The maximum Gasteiger partial charge on any atom is 0.410 e. The maximum atomic E-state index is 13.6. The first-order valence-electron chi connectivity index (χ1n) is 22.0. The summed E-state index contributed by atoms with van der Waals surface area (Å²) in [5, 5.41) is 74.8. The molecule has 2 aliphatic rings. The fourth-order valence-electron chi connectivity index (χ4n) is 6.73. The van der Waals surface area contributed by atoms with Crippen molar-refractivity contribution in [2.75, 3.05) is 46.5 Å². The summed E-state index contributed by atoms with van der Waals surface area (Å²) in [5.74, 6) is -0.225. The molecule has 1 aliphatic carbocycles. The number of rotatable bonds is 23. The standard InChI is InChI=1S/C43H70N6O18/c1-25(48(8)41(58)67-43(5,6)7)34(54)38(61-19-18-50)65-37-30(46-32(53)16-17-45-39(56)66-42(2,3)4)20-31(47-40(57)62-24-26-12-14-27(15-13-26)49(59)60)36(35(37)55)64-33-11-9-10-29(63-33)22-44-21-28(52)23-51/h10,12-15,25,28,30-31,33-38,44,50-52,54-55H,9,11,16-24H2,1-8H3,(H,45,56)(H,46,53)(H,47,57)/t25-,28?,30+,31-,33+,34+,35-,36+,37-,38+/m0/s1. The Kier molecular flexibility index (Phi) is 22.4. The third-order valence-electron chi connectivity index (χ3n) is 10.1. The minimum absolute atomic E-state index is 0.0544. The van der Waals surface area contributed by atoms with E-state index in [0.717, 1.165) is 4.90 Å². The van der Waals surface area contributed by atoms with Crippen molar-refractivity contribution >= 4 is 29.9 Å². The van der Waals surface area contributed by atoms with Crippen LogP contribution < -0.4 is 21.3 Å². The van der Waals surface area contributed by atoms with Crippen LogP contribution in [0.5, 0.6) is 0 Å². The Labute approximate surface area is 389 Å². The number of ether oxygens (including phenoxy) is 7. The van der Waals surface area contributed by atoms with E-state index < -0.39 is 115 Å². The second-order valence-corrected chi connectivity index (χ2v) is 18.1. The first kappa shape index (κ1) is 56.4. The third kappa shape index (κ3) is 19.7. The average molecular weight is 959 g/mol. The van der Waals surface area contributed by atoms with Crippen LogP contribution in [0.25, 0.3) is 0 Å². The first-order chi connectivity index (χ1) is 31.4. The van der Waals surface area contributed by atoms with Crippen LogP contribution in [0.1, 0.15) is 79.7 Å². The van der Waals surface area contributed by atoms with Gasteiger partial charge >= 0.3 is 18.3 Å². The molecule has 0 bridgehead atoms. The zero-order valence-electron chi connectivity index (χ0n) is 39.4. The molecule has 24 nitrogen and oxygen atoms in total. The van der Waals surface area contributed by atoms with Crippen molar-refractivity contribution in [2.24, 2.45) is 0 Å².